The van der Waals surface area contributed by atoms with E-state index in [1.165, 1.54) is 0 Å². The largest absolute Gasteiger partial charge is 0.518 e. The van der Waals surface area contributed by atoms with E-state index < -0.39 is 6.09 Å². The van der Waals surface area contributed by atoms with E-state index >= 15 is 0 Å². The van der Waals surface area contributed by atoms with Gasteiger partial charge in [0.2, 0.25) is 0 Å². The Morgan fingerprint density at radius 1 is 1.50 bits per heavy atom. The topological polar surface area (TPSA) is 37.3 Å². The molecule has 3 nitrogen and oxygen atoms in total. The van der Waals surface area contributed by atoms with Gasteiger partial charge < -0.3 is 5.11 Å². The Bertz CT molecular complexity index is 243. The Labute approximate surface area is 72.2 Å². The quantitative estimate of drug-likeness (QED) is 0.608. The van der Waals surface area contributed by atoms with Crippen LogP contribution in [-0.2, 0) is 0 Å². The highest BCUT2D eigenvalue weighted by Crippen LogP contribution is 2.18. The summed E-state index contributed by atoms with van der Waals surface area (Å²) in [6, 6.07) is 0.0729. The average Bonchev–Trinajstić information content (AvgIpc) is 2.05. The molecule has 0 saturated carbocycles. The SMILES string of the molecule is CC(C)[N+]1(C(=O)O)C=CC=CC1. The van der Waals surface area contributed by atoms with Crippen molar-refractivity contribution in [1.82, 2.24) is 0 Å². The summed E-state index contributed by atoms with van der Waals surface area (Å²) in [5, 5.41) is 9.05. The molecule has 1 aliphatic rings. The predicted octanol–water partition coefficient (Wildman–Crippen LogP) is 1.97. The van der Waals surface area contributed by atoms with Gasteiger partial charge in [-0.1, -0.05) is 6.08 Å². The average molecular weight is 168 g/mol. The zero-order valence-corrected chi connectivity index (χ0v) is 7.40. The van der Waals surface area contributed by atoms with Crippen LogP contribution in [0.3, 0.4) is 0 Å². The highest BCUT2D eigenvalue weighted by molar-refractivity contribution is 5.58. The van der Waals surface area contributed by atoms with E-state index in [0.717, 1.165) is 0 Å². The van der Waals surface area contributed by atoms with E-state index in [9.17, 15) is 4.79 Å². The molecule has 12 heavy (non-hydrogen) atoms. The highest BCUT2D eigenvalue weighted by Gasteiger charge is 2.37. The fourth-order valence-corrected chi connectivity index (χ4v) is 1.32. The van der Waals surface area contributed by atoms with Crippen LogP contribution in [0.5, 0.6) is 0 Å². The maximum atomic E-state index is 11.0. The summed E-state index contributed by atoms with van der Waals surface area (Å²) in [6.07, 6.45) is 6.49. The summed E-state index contributed by atoms with van der Waals surface area (Å²) in [4.78, 5) is 11.0. The molecule has 1 atom stereocenters. The first-order valence-electron chi connectivity index (χ1n) is 4.05. The van der Waals surface area contributed by atoms with Crippen molar-refractivity contribution in [2.75, 3.05) is 6.54 Å². The van der Waals surface area contributed by atoms with Gasteiger partial charge in [-0.2, -0.15) is 9.28 Å². The summed E-state index contributed by atoms with van der Waals surface area (Å²) in [5.41, 5.74) is 0. The summed E-state index contributed by atoms with van der Waals surface area (Å²) in [5.74, 6) is 0. The second-order valence-electron chi connectivity index (χ2n) is 3.26. The van der Waals surface area contributed by atoms with Gasteiger partial charge in [-0.15, -0.1) is 0 Å². The van der Waals surface area contributed by atoms with E-state index in [2.05, 4.69) is 0 Å². The van der Waals surface area contributed by atoms with Gasteiger partial charge >= 0.3 is 6.09 Å². The molecule has 0 aliphatic carbocycles. The minimum Gasteiger partial charge on any atom is -0.435 e. The van der Waals surface area contributed by atoms with Crippen molar-refractivity contribution in [1.29, 1.82) is 0 Å². The second kappa shape index (κ2) is 3.11. The minimum absolute atomic E-state index is 0.0104. The van der Waals surface area contributed by atoms with E-state index in [4.69, 9.17) is 5.11 Å². The summed E-state index contributed by atoms with van der Waals surface area (Å²) in [6.45, 7) is 4.37. The van der Waals surface area contributed by atoms with Gasteiger partial charge in [-0.3, -0.25) is 0 Å². The van der Waals surface area contributed by atoms with Crippen molar-refractivity contribution in [3.63, 3.8) is 0 Å². The third kappa shape index (κ3) is 1.28. The number of hydrogen-bond donors (Lipinski definition) is 1. The van der Waals surface area contributed by atoms with Crippen molar-refractivity contribution >= 4 is 6.09 Å². The van der Waals surface area contributed by atoms with Gasteiger partial charge in [0.05, 0.1) is 6.04 Å². The van der Waals surface area contributed by atoms with Gasteiger partial charge in [0.15, 0.2) is 0 Å². The van der Waals surface area contributed by atoms with Gasteiger partial charge in [-0.25, -0.2) is 0 Å². The predicted molar refractivity (Wildman–Crippen MR) is 46.6 cm³/mol. The van der Waals surface area contributed by atoms with E-state index in [1.54, 1.807) is 12.3 Å². The molecule has 3 heteroatoms. The van der Waals surface area contributed by atoms with Crippen molar-refractivity contribution in [2.45, 2.75) is 19.9 Å². The summed E-state index contributed by atoms with van der Waals surface area (Å²) >= 11 is 0. The van der Waals surface area contributed by atoms with Gasteiger partial charge in [0.25, 0.3) is 0 Å². The smallest absolute Gasteiger partial charge is 0.435 e. The molecule has 0 spiro atoms. The Kier molecular flexibility index (Phi) is 2.33. The second-order valence-corrected chi connectivity index (χ2v) is 3.26. The fourth-order valence-electron chi connectivity index (χ4n) is 1.32. The van der Waals surface area contributed by atoms with Crippen LogP contribution >= 0.6 is 0 Å². The number of allylic oxidation sites excluding steroid dienone is 2. The van der Waals surface area contributed by atoms with Crippen LogP contribution in [0.1, 0.15) is 13.8 Å². The van der Waals surface area contributed by atoms with E-state index in [1.807, 2.05) is 26.0 Å². The molecule has 1 unspecified atom stereocenters. The first-order chi connectivity index (χ1) is 5.59. The Morgan fingerprint density at radius 3 is 2.42 bits per heavy atom. The zero-order chi connectivity index (χ0) is 9.19. The normalized spacial score (nSPS) is 27.9. The van der Waals surface area contributed by atoms with Crippen LogP contribution in [0.15, 0.2) is 24.4 Å². The maximum absolute atomic E-state index is 11.0. The Hall–Kier alpha value is -1.09. The molecule has 0 aromatic carbocycles. The highest BCUT2D eigenvalue weighted by atomic mass is 16.4. The minimum atomic E-state index is -0.786. The monoisotopic (exact) mass is 168 g/mol. The van der Waals surface area contributed by atoms with Crippen LogP contribution < -0.4 is 0 Å². The van der Waals surface area contributed by atoms with Crippen molar-refractivity contribution in [3.8, 4) is 0 Å². The lowest BCUT2D eigenvalue weighted by molar-refractivity contribution is -0.823. The standard InChI is InChI=1S/C9H13NO2/c1-8(2)10(9(11)12)6-4-3-5-7-10/h3-6,8H,7H2,1-2H3/p+1. The number of carboxylic acid groups (broad SMARTS) is 1. The molecule has 1 N–H and O–H groups in total. The molecular formula is C9H14NO2+. The Morgan fingerprint density at radius 2 is 2.17 bits per heavy atom. The third-order valence-electron chi connectivity index (χ3n) is 2.28. The van der Waals surface area contributed by atoms with Crippen molar-refractivity contribution in [2.24, 2.45) is 0 Å². The van der Waals surface area contributed by atoms with Crippen molar-refractivity contribution < 1.29 is 14.4 Å². The van der Waals surface area contributed by atoms with Gasteiger partial charge in [0.1, 0.15) is 12.7 Å². The van der Waals surface area contributed by atoms with Crippen LogP contribution in [0.4, 0.5) is 4.79 Å². The maximum Gasteiger partial charge on any atom is 0.518 e. The molecule has 0 fully saturated rings. The van der Waals surface area contributed by atoms with Crippen LogP contribution in [0, 0.1) is 0 Å². The molecule has 1 aliphatic heterocycles. The van der Waals surface area contributed by atoms with E-state index in [0.29, 0.717) is 6.54 Å². The molecule has 1 amide bonds. The molecule has 66 valence electrons. The lowest BCUT2D eigenvalue weighted by Crippen LogP contribution is -2.53. The molecule has 0 bridgehead atoms. The molecule has 0 radical (unpaired) electrons. The van der Waals surface area contributed by atoms with Gasteiger partial charge in [-0.05, 0) is 26.0 Å². The number of hydrogen-bond acceptors (Lipinski definition) is 1. The molecule has 0 aromatic rings. The van der Waals surface area contributed by atoms with Crippen LogP contribution in [-0.4, -0.2) is 28.3 Å². The van der Waals surface area contributed by atoms with Crippen LogP contribution in [0.25, 0.3) is 0 Å². The lowest BCUT2D eigenvalue weighted by atomic mass is 10.2. The Balaban J connectivity index is 2.96. The number of carbonyl (C=O) groups is 1. The summed E-state index contributed by atoms with van der Waals surface area (Å²) < 4.78 is 0.0104. The first-order valence-corrected chi connectivity index (χ1v) is 4.05. The van der Waals surface area contributed by atoms with E-state index in [-0.39, 0.29) is 10.5 Å². The number of rotatable bonds is 1. The molecular weight excluding hydrogens is 154 g/mol. The van der Waals surface area contributed by atoms with Crippen molar-refractivity contribution in [3.05, 3.63) is 24.4 Å². The lowest BCUT2D eigenvalue weighted by Gasteiger charge is -2.32. The zero-order valence-electron chi connectivity index (χ0n) is 7.40. The molecule has 0 saturated heterocycles. The van der Waals surface area contributed by atoms with Crippen LogP contribution in [0.2, 0.25) is 0 Å². The number of nitrogens with zero attached hydrogens (tertiary/aromatic N) is 1. The fraction of sp³-hybridized carbons (Fsp3) is 0.444. The summed E-state index contributed by atoms with van der Waals surface area (Å²) in [7, 11) is 0. The third-order valence-corrected chi connectivity index (χ3v) is 2.28. The molecule has 1 rings (SSSR count). The molecule has 0 aromatic heterocycles. The first kappa shape index (κ1) is 9.00. The molecule has 1 heterocycles. The number of quaternary nitrogens is 1. The van der Waals surface area contributed by atoms with Gasteiger partial charge in [0, 0.05) is 0 Å². The number of amides is 1.